The smallest absolute Gasteiger partial charge is 0.323 e. The Hall–Kier alpha value is -1.62. The summed E-state index contributed by atoms with van der Waals surface area (Å²) in [6.45, 7) is 0.481. The highest BCUT2D eigenvalue weighted by molar-refractivity contribution is 5.73. The maximum Gasteiger partial charge on any atom is 0.323 e. The van der Waals surface area contributed by atoms with E-state index in [4.69, 9.17) is 5.11 Å². The summed E-state index contributed by atoms with van der Waals surface area (Å²) in [6.07, 6.45) is 4.95. The molecular weight excluding hydrogens is 259 g/mol. The summed E-state index contributed by atoms with van der Waals surface area (Å²) in [7, 11) is 1.58. The molecular formula is C15H21FN2O2. The van der Waals surface area contributed by atoms with Crippen LogP contribution in [-0.2, 0) is 11.3 Å². The fourth-order valence-corrected chi connectivity index (χ4v) is 2.64. The number of aliphatic carboxylic acids is 1. The highest BCUT2D eigenvalue weighted by Crippen LogP contribution is 2.21. The Labute approximate surface area is 118 Å². The van der Waals surface area contributed by atoms with Crippen molar-refractivity contribution < 1.29 is 14.3 Å². The zero-order valence-electron chi connectivity index (χ0n) is 11.7. The van der Waals surface area contributed by atoms with E-state index in [0.29, 0.717) is 18.3 Å². The predicted octanol–water partition coefficient (Wildman–Crippen LogP) is 2.38. The standard InChI is InChI=1S/C15H21FN2O2/c1-18(10-15(19)20)14-8-11(6-7-13(14)16)9-17-12-4-2-3-5-12/h6-8,12,17H,2-5,9-10H2,1H3,(H,19,20). The van der Waals surface area contributed by atoms with Gasteiger partial charge >= 0.3 is 5.97 Å². The van der Waals surface area contributed by atoms with Gasteiger partial charge < -0.3 is 15.3 Å². The summed E-state index contributed by atoms with van der Waals surface area (Å²) in [4.78, 5) is 12.1. The first kappa shape index (κ1) is 14.8. The molecule has 1 fully saturated rings. The van der Waals surface area contributed by atoms with Gasteiger partial charge in [0.1, 0.15) is 12.4 Å². The van der Waals surface area contributed by atoms with Crippen molar-refractivity contribution in [3.05, 3.63) is 29.6 Å². The van der Waals surface area contributed by atoms with E-state index in [-0.39, 0.29) is 6.54 Å². The zero-order valence-corrected chi connectivity index (χ0v) is 11.7. The van der Waals surface area contributed by atoms with E-state index in [1.54, 1.807) is 19.2 Å². The Bertz CT molecular complexity index is 473. The Kier molecular flexibility index (Phi) is 4.95. The maximum absolute atomic E-state index is 13.8. The molecule has 0 bridgehead atoms. The summed E-state index contributed by atoms with van der Waals surface area (Å²) >= 11 is 0. The number of hydrogen-bond acceptors (Lipinski definition) is 3. The number of benzene rings is 1. The second-order valence-corrected chi connectivity index (χ2v) is 5.40. The Balaban J connectivity index is 2.01. The number of halogens is 1. The summed E-state index contributed by atoms with van der Waals surface area (Å²) in [5.41, 5.74) is 1.31. The van der Waals surface area contributed by atoms with Crippen LogP contribution in [0.15, 0.2) is 18.2 Å². The molecule has 1 aliphatic rings. The SMILES string of the molecule is CN(CC(=O)O)c1cc(CNC2CCCC2)ccc1F. The molecule has 1 aromatic rings. The van der Waals surface area contributed by atoms with Crippen LogP contribution in [0.5, 0.6) is 0 Å². The normalized spacial score (nSPS) is 15.5. The monoisotopic (exact) mass is 280 g/mol. The molecule has 0 spiro atoms. The molecule has 0 heterocycles. The van der Waals surface area contributed by atoms with Gasteiger partial charge in [-0.05, 0) is 30.5 Å². The van der Waals surface area contributed by atoms with Crippen LogP contribution in [0.4, 0.5) is 10.1 Å². The zero-order chi connectivity index (χ0) is 14.5. The molecule has 4 nitrogen and oxygen atoms in total. The van der Waals surface area contributed by atoms with Crippen LogP contribution in [0.2, 0.25) is 0 Å². The number of hydrogen-bond donors (Lipinski definition) is 2. The highest BCUT2D eigenvalue weighted by atomic mass is 19.1. The van der Waals surface area contributed by atoms with E-state index in [9.17, 15) is 9.18 Å². The Morgan fingerprint density at radius 2 is 2.15 bits per heavy atom. The van der Waals surface area contributed by atoms with Crippen LogP contribution >= 0.6 is 0 Å². The first-order valence-corrected chi connectivity index (χ1v) is 7.01. The van der Waals surface area contributed by atoms with Crippen molar-refractivity contribution in [1.29, 1.82) is 0 Å². The third-order valence-electron chi connectivity index (χ3n) is 3.74. The van der Waals surface area contributed by atoms with E-state index >= 15 is 0 Å². The fourth-order valence-electron chi connectivity index (χ4n) is 2.64. The first-order valence-electron chi connectivity index (χ1n) is 7.01. The van der Waals surface area contributed by atoms with Crippen molar-refractivity contribution in [1.82, 2.24) is 5.32 Å². The molecule has 0 aliphatic heterocycles. The molecule has 0 saturated heterocycles. The second kappa shape index (κ2) is 6.70. The molecule has 0 aromatic heterocycles. The Morgan fingerprint density at radius 3 is 2.80 bits per heavy atom. The van der Waals surface area contributed by atoms with E-state index in [1.807, 2.05) is 0 Å². The van der Waals surface area contributed by atoms with Gasteiger partial charge in [-0.3, -0.25) is 4.79 Å². The van der Waals surface area contributed by atoms with Crippen molar-refractivity contribution in [2.24, 2.45) is 0 Å². The van der Waals surface area contributed by atoms with Crippen molar-refractivity contribution in [3.8, 4) is 0 Å². The van der Waals surface area contributed by atoms with Gasteiger partial charge in [-0.1, -0.05) is 18.9 Å². The number of nitrogens with one attached hydrogen (secondary N) is 1. The first-order chi connectivity index (χ1) is 9.56. The molecule has 110 valence electrons. The number of likely N-dealkylation sites (N-methyl/N-ethyl adjacent to an activating group) is 1. The van der Waals surface area contributed by atoms with E-state index in [0.717, 1.165) is 5.56 Å². The van der Waals surface area contributed by atoms with Gasteiger partial charge in [-0.2, -0.15) is 0 Å². The molecule has 0 radical (unpaired) electrons. The van der Waals surface area contributed by atoms with Gasteiger partial charge in [0.05, 0.1) is 5.69 Å². The molecule has 5 heteroatoms. The molecule has 2 rings (SSSR count). The quantitative estimate of drug-likeness (QED) is 0.840. The van der Waals surface area contributed by atoms with Crippen LogP contribution in [0.3, 0.4) is 0 Å². The summed E-state index contributed by atoms with van der Waals surface area (Å²) in [5, 5.41) is 12.2. The topological polar surface area (TPSA) is 52.6 Å². The third kappa shape index (κ3) is 3.93. The van der Waals surface area contributed by atoms with Crippen LogP contribution in [-0.4, -0.2) is 30.7 Å². The number of anilines is 1. The minimum atomic E-state index is -0.971. The summed E-state index contributed by atoms with van der Waals surface area (Å²) < 4.78 is 13.8. The van der Waals surface area contributed by atoms with Crippen molar-refractivity contribution >= 4 is 11.7 Å². The minimum absolute atomic E-state index is 0.212. The molecule has 2 N–H and O–H groups in total. The van der Waals surface area contributed by atoms with Gasteiger partial charge in [0, 0.05) is 19.6 Å². The fraction of sp³-hybridized carbons (Fsp3) is 0.533. The number of rotatable bonds is 6. The molecule has 1 aliphatic carbocycles. The second-order valence-electron chi connectivity index (χ2n) is 5.40. The van der Waals surface area contributed by atoms with Crippen molar-refractivity contribution in [2.75, 3.05) is 18.5 Å². The van der Waals surface area contributed by atoms with Crippen LogP contribution in [0.25, 0.3) is 0 Å². The number of nitrogens with zero attached hydrogens (tertiary/aromatic N) is 1. The van der Waals surface area contributed by atoms with Gasteiger partial charge in [-0.15, -0.1) is 0 Å². The highest BCUT2D eigenvalue weighted by Gasteiger charge is 2.15. The maximum atomic E-state index is 13.8. The van der Waals surface area contributed by atoms with Crippen molar-refractivity contribution in [3.63, 3.8) is 0 Å². The third-order valence-corrected chi connectivity index (χ3v) is 3.74. The molecule has 1 aromatic carbocycles. The largest absolute Gasteiger partial charge is 0.480 e. The summed E-state index contributed by atoms with van der Waals surface area (Å²) in [6, 6.07) is 5.43. The van der Waals surface area contributed by atoms with Crippen LogP contribution in [0.1, 0.15) is 31.2 Å². The van der Waals surface area contributed by atoms with Crippen LogP contribution < -0.4 is 10.2 Å². The molecule has 0 amide bonds. The number of carbonyl (C=O) groups is 1. The lowest BCUT2D eigenvalue weighted by Gasteiger charge is -2.19. The number of carboxylic acids is 1. The van der Waals surface area contributed by atoms with Gasteiger partial charge in [0.2, 0.25) is 0 Å². The van der Waals surface area contributed by atoms with E-state index in [1.165, 1.54) is 36.6 Å². The lowest BCUT2D eigenvalue weighted by Crippen LogP contribution is -2.27. The summed E-state index contributed by atoms with van der Waals surface area (Å²) in [5.74, 6) is -1.36. The lowest BCUT2D eigenvalue weighted by atomic mass is 10.1. The average Bonchev–Trinajstić information content (AvgIpc) is 2.90. The van der Waals surface area contributed by atoms with Crippen LogP contribution in [0, 0.1) is 5.82 Å². The van der Waals surface area contributed by atoms with Crippen molar-refractivity contribution in [2.45, 2.75) is 38.3 Å². The van der Waals surface area contributed by atoms with Gasteiger partial charge in [0.25, 0.3) is 0 Å². The Morgan fingerprint density at radius 1 is 1.45 bits per heavy atom. The van der Waals surface area contributed by atoms with E-state index in [2.05, 4.69) is 5.32 Å². The minimum Gasteiger partial charge on any atom is -0.480 e. The van der Waals surface area contributed by atoms with Gasteiger partial charge in [-0.25, -0.2) is 4.39 Å². The molecule has 0 atom stereocenters. The predicted molar refractivity (Wildman–Crippen MR) is 76.4 cm³/mol. The molecule has 20 heavy (non-hydrogen) atoms. The average molecular weight is 280 g/mol. The molecule has 1 saturated carbocycles. The van der Waals surface area contributed by atoms with E-state index < -0.39 is 11.8 Å². The lowest BCUT2D eigenvalue weighted by molar-refractivity contribution is -0.135. The number of carboxylic acid groups (broad SMARTS) is 1. The van der Waals surface area contributed by atoms with Gasteiger partial charge in [0.15, 0.2) is 0 Å². The molecule has 0 unspecified atom stereocenters.